The first-order valence-corrected chi connectivity index (χ1v) is 10.2. The number of hydrogen-bond donors (Lipinski definition) is 3. The van der Waals surface area contributed by atoms with Gasteiger partial charge in [0.05, 0.1) is 0 Å². The van der Waals surface area contributed by atoms with E-state index in [0.717, 1.165) is 51.5 Å². The lowest BCUT2D eigenvalue weighted by molar-refractivity contribution is 0.141. The number of halogens is 1. The van der Waals surface area contributed by atoms with Crippen LogP contribution < -0.4 is 10.6 Å². The van der Waals surface area contributed by atoms with Crippen molar-refractivity contribution >= 4 is 29.9 Å². The quantitative estimate of drug-likeness (QED) is 0.225. The zero-order valence-electron chi connectivity index (χ0n) is 17.4. The third kappa shape index (κ3) is 10.3. The molecule has 1 aliphatic carbocycles. The minimum Gasteiger partial charge on any atom is -0.396 e. The van der Waals surface area contributed by atoms with Crippen molar-refractivity contribution < 1.29 is 9.84 Å². The zero-order valence-corrected chi connectivity index (χ0v) is 19.7. The van der Waals surface area contributed by atoms with Crippen LogP contribution in [0.2, 0.25) is 0 Å². The number of rotatable bonds is 12. The summed E-state index contributed by atoms with van der Waals surface area (Å²) in [5, 5.41) is 16.2. The molecule has 1 fully saturated rings. The van der Waals surface area contributed by atoms with Crippen molar-refractivity contribution in [1.82, 2.24) is 10.6 Å². The Morgan fingerprint density at radius 1 is 1.23 bits per heavy atom. The van der Waals surface area contributed by atoms with Crippen molar-refractivity contribution in [3.63, 3.8) is 0 Å². The summed E-state index contributed by atoms with van der Waals surface area (Å²) in [6.07, 6.45) is 8.24. The molecule has 0 aromatic heterocycles. The average molecular weight is 483 g/mol. The monoisotopic (exact) mass is 483 g/mol. The maximum atomic E-state index is 9.30. The maximum absolute atomic E-state index is 9.30. The number of aliphatic hydroxyl groups is 1. The minimum absolute atomic E-state index is 0. The van der Waals surface area contributed by atoms with Crippen LogP contribution in [0.15, 0.2) is 4.99 Å². The van der Waals surface area contributed by atoms with Gasteiger partial charge < -0.3 is 20.5 Å². The van der Waals surface area contributed by atoms with Crippen molar-refractivity contribution in [2.75, 3.05) is 40.0 Å². The molecule has 0 heterocycles. The molecule has 26 heavy (non-hydrogen) atoms. The number of nitrogens with zero attached hydrogens (tertiary/aromatic N) is 1. The molecular weight excluding hydrogens is 441 g/mol. The number of aliphatic hydroxyl groups excluding tert-OH is 1. The predicted octanol–water partition coefficient (Wildman–Crippen LogP) is 3.80. The van der Waals surface area contributed by atoms with Crippen molar-refractivity contribution in [3.8, 4) is 0 Å². The van der Waals surface area contributed by atoms with Gasteiger partial charge in [-0.3, -0.25) is 4.99 Å². The highest BCUT2D eigenvalue weighted by atomic mass is 127. The van der Waals surface area contributed by atoms with Crippen LogP contribution in [-0.2, 0) is 4.74 Å². The van der Waals surface area contributed by atoms with Crippen LogP contribution >= 0.6 is 24.0 Å². The first-order chi connectivity index (χ1) is 12.0. The second kappa shape index (κ2) is 14.9. The van der Waals surface area contributed by atoms with Crippen LogP contribution in [0.25, 0.3) is 0 Å². The molecule has 0 radical (unpaired) electrons. The van der Waals surface area contributed by atoms with Crippen molar-refractivity contribution in [2.24, 2.45) is 22.2 Å². The van der Waals surface area contributed by atoms with Crippen molar-refractivity contribution in [1.29, 1.82) is 0 Å². The smallest absolute Gasteiger partial charge is 0.191 e. The van der Waals surface area contributed by atoms with Gasteiger partial charge in [0.25, 0.3) is 0 Å². The molecule has 1 saturated carbocycles. The highest BCUT2D eigenvalue weighted by Crippen LogP contribution is 2.41. The molecule has 0 bridgehead atoms. The summed E-state index contributed by atoms with van der Waals surface area (Å²) in [6.45, 7) is 10.3. The van der Waals surface area contributed by atoms with E-state index in [0.29, 0.717) is 17.3 Å². The largest absolute Gasteiger partial charge is 0.396 e. The molecule has 1 aliphatic rings. The molecule has 0 aliphatic heterocycles. The lowest BCUT2D eigenvalue weighted by atomic mass is 9.83. The van der Waals surface area contributed by atoms with Crippen LogP contribution in [0.3, 0.4) is 0 Å². The minimum atomic E-state index is 0. The summed E-state index contributed by atoms with van der Waals surface area (Å²) in [5.74, 6) is 2.05. The summed E-state index contributed by atoms with van der Waals surface area (Å²) < 4.78 is 5.32. The van der Waals surface area contributed by atoms with Gasteiger partial charge in [0.15, 0.2) is 5.96 Å². The van der Waals surface area contributed by atoms with E-state index in [1.807, 2.05) is 0 Å². The molecule has 0 spiro atoms. The first-order valence-electron chi connectivity index (χ1n) is 10.2. The van der Waals surface area contributed by atoms with Gasteiger partial charge in [0.1, 0.15) is 0 Å². The Hall–Kier alpha value is -0.0800. The fraction of sp³-hybridized carbons (Fsp3) is 0.950. The van der Waals surface area contributed by atoms with Gasteiger partial charge in [-0.15, -0.1) is 24.0 Å². The number of nitrogens with one attached hydrogen (secondary N) is 2. The van der Waals surface area contributed by atoms with Crippen LogP contribution in [0.4, 0.5) is 0 Å². The maximum Gasteiger partial charge on any atom is 0.191 e. The van der Waals surface area contributed by atoms with Crippen LogP contribution in [0.5, 0.6) is 0 Å². The van der Waals surface area contributed by atoms with Gasteiger partial charge >= 0.3 is 0 Å². The Bertz CT molecular complexity index is 372. The van der Waals surface area contributed by atoms with Crippen LogP contribution in [-0.4, -0.2) is 51.0 Å². The fourth-order valence-electron chi connectivity index (χ4n) is 3.91. The topological polar surface area (TPSA) is 65.9 Å². The number of hydrogen-bond acceptors (Lipinski definition) is 3. The molecule has 3 N–H and O–H groups in total. The molecule has 5 nitrogen and oxygen atoms in total. The Labute approximate surface area is 178 Å². The molecule has 6 heteroatoms. The number of aliphatic imine (C=N–C) groups is 1. The highest BCUT2D eigenvalue weighted by Gasteiger charge is 2.33. The van der Waals surface area contributed by atoms with E-state index in [4.69, 9.17) is 9.73 Å². The normalized spacial score (nSPS) is 17.8. The Morgan fingerprint density at radius 2 is 1.92 bits per heavy atom. The molecular formula is C20H42IN3O2. The zero-order chi connectivity index (χ0) is 18.5. The average Bonchev–Trinajstić information content (AvgIpc) is 3.04. The lowest BCUT2D eigenvalue weighted by Crippen LogP contribution is -2.41. The summed E-state index contributed by atoms with van der Waals surface area (Å²) >= 11 is 0. The van der Waals surface area contributed by atoms with Crippen LogP contribution in [0, 0.1) is 17.3 Å². The number of methoxy groups -OCH3 is 1. The van der Waals surface area contributed by atoms with Gasteiger partial charge in [-0.25, -0.2) is 0 Å². The number of ether oxygens (including phenoxy) is 1. The standard InChI is InChI=1S/C20H41N3O2.HI/c1-5-21-19(22-15-18(8-12-24)14-17(2)3)23-16-20(11-13-25-4)9-6-7-10-20;/h17-18,24H,5-16H2,1-4H3,(H2,21,22,23);1H. The Morgan fingerprint density at radius 3 is 2.46 bits per heavy atom. The summed E-state index contributed by atoms with van der Waals surface area (Å²) in [6, 6.07) is 0. The van der Waals surface area contributed by atoms with Crippen molar-refractivity contribution in [3.05, 3.63) is 0 Å². The summed E-state index contributed by atoms with van der Waals surface area (Å²) in [4.78, 5) is 4.91. The van der Waals surface area contributed by atoms with E-state index in [2.05, 4.69) is 31.4 Å². The second-order valence-corrected chi connectivity index (χ2v) is 8.03. The number of guanidine groups is 1. The predicted molar refractivity (Wildman–Crippen MR) is 121 cm³/mol. The van der Waals surface area contributed by atoms with Crippen LogP contribution in [0.1, 0.15) is 65.7 Å². The van der Waals surface area contributed by atoms with E-state index < -0.39 is 0 Å². The molecule has 0 aromatic rings. The van der Waals surface area contributed by atoms with E-state index in [-0.39, 0.29) is 30.6 Å². The summed E-state index contributed by atoms with van der Waals surface area (Å²) in [5.41, 5.74) is 0.320. The molecule has 156 valence electrons. The molecule has 1 atom stereocenters. The van der Waals surface area contributed by atoms with Gasteiger partial charge in [0.2, 0.25) is 0 Å². The van der Waals surface area contributed by atoms with E-state index in [1.165, 1.54) is 25.7 Å². The SMILES string of the molecule is CCNC(=NCC1(CCOC)CCCC1)NCC(CCO)CC(C)C.I. The van der Waals surface area contributed by atoms with E-state index in [9.17, 15) is 5.11 Å². The summed E-state index contributed by atoms with van der Waals surface area (Å²) in [7, 11) is 1.79. The Kier molecular flexibility index (Phi) is 14.9. The van der Waals surface area contributed by atoms with Gasteiger partial charge in [-0.05, 0) is 56.3 Å². The lowest BCUT2D eigenvalue weighted by Gasteiger charge is -2.27. The van der Waals surface area contributed by atoms with Gasteiger partial charge in [-0.2, -0.15) is 0 Å². The molecule has 0 saturated heterocycles. The molecule has 0 amide bonds. The first kappa shape index (κ1) is 25.9. The molecule has 0 aromatic carbocycles. The van der Waals surface area contributed by atoms with Crippen molar-refractivity contribution in [2.45, 2.75) is 65.7 Å². The van der Waals surface area contributed by atoms with E-state index >= 15 is 0 Å². The second-order valence-electron chi connectivity index (χ2n) is 8.03. The third-order valence-corrected chi connectivity index (χ3v) is 5.32. The molecule has 1 rings (SSSR count). The Balaban J connectivity index is 0.00000625. The molecule has 1 unspecified atom stereocenters. The van der Waals surface area contributed by atoms with Gasteiger partial charge in [-0.1, -0.05) is 26.7 Å². The fourth-order valence-corrected chi connectivity index (χ4v) is 3.91. The highest BCUT2D eigenvalue weighted by molar-refractivity contribution is 14.0. The third-order valence-electron chi connectivity index (χ3n) is 5.32. The van der Waals surface area contributed by atoms with E-state index in [1.54, 1.807) is 7.11 Å². The van der Waals surface area contributed by atoms with Gasteiger partial charge in [0, 0.05) is 40.0 Å².